The number of rotatable bonds is 7. The first kappa shape index (κ1) is 19.0. The minimum absolute atomic E-state index is 0.0988. The molecule has 0 atom stereocenters. The van der Waals surface area contributed by atoms with Crippen LogP contribution in [0, 0.1) is 0 Å². The maximum absolute atomic E-state index is 12.0. The second-order valence-corrected chi connectivity index (χ2v) is 5.93. The number of phenolic OH excluding ortho intramolecular Hbond substituents is 1. The number of methoxy groups -OCH3 is 1. The van der Waals surface area contributed by atoms with Crippen LogP contribution in [0.2, 0.25) is 0 Å². The van der Waals surface area contributed by atoms with Gasteiger partial charge in [-0.3, -0.25) is 4.79 Å². The van der Waals surface area contributed by atoms with Gasteiger partial charge in [-0.2, -0.15) is 5.10 Å². The highest BCUT2D eigenvalue weighted by Gasteiger charge is 2.06. The van der Waals surface area contributed by atoms with E-state index in [0.717, 1.165) is 11.1 Å². The Morgan fingerprint density at radius 3 is 2.50 bits per heavy atom. The Hall–Kier alpha value is -3.80. The number of amides is 1. The minimum atomic E-state index is -0.369. The molecule has 0 saturated carbocycles. The Kier molecular flexibility index (Phi) is 6.25. The molecule has 0 heterocycles. The molecule has 0 unspecified atom stereocenters. The lowest BCUT2D eigenvalue weighted by atomic mass is 10.2. The summed E-state index contributed by atoms with van der Waals surface area (Å²) in [5.41, 5.74) is 4.65. The lowest BCUT2D eigenvalue weighted by Crippen LogP contribution is -2.17. The van der Waals surface area contributed by atoms with E-state index >= 15 is 0 Å². The summed E-state index contributed by atoms with van der Waals surface area (Å²) in [5.74, 6) is 0.925. The molecule has 0 aliphatic heterocycles. The van der Waals surface area contributed by atoms with Gasteiger partial charge in [0.15, 0.2) is 11.5 Å². The molecule has 0 aliphatic carbocycles. The van der Waals surface area contributed by atoms with Gasteiger partial charge in [0.05, 0.1) is 13.3 Å². The summed E-state index contributed by atoms with van der Waals surface area (Å²) < 4.78 is 11.2. The molecule has 1 amide bonds. The van der Waals surface area contributed by atoms with Crippen molar-refractivity contribution in [2.24, 2.45) is 5.10 Å². The fraction of sp³-hybridized carbons (Fsp3) is 0.0909. The number of nitrogens with zero attached hydrogens (tertiary/aromatic N) is 1. The summed E-state index contributed by atoms with van der Waals surface area (Å²) in [5, 5.41) is 13.2. The highest BCUT2D eigenvalue weighted by atomic mass is 16.5. The molecule has 3 aromatic rings. The molecular formula is C22H20N2O4. The van der Waals surface area contributed by atoms with E-state index in [4.69, 9.17) is 9.47 Å². The van der Waals surface area contributed by atoms with Gasteiger partial charge < -0.3 is 14.6 Å². The maximum Gasteiger partial charge on any atom is 0.271 e. The van der Waals surface area contributed by atoms with Crippen molar-refractivity contribution in [2.75, 3.05) is 7.11 Å². The second kappa shape index (κ2) is 9.23. The fourth-order valence-electron chi connectivity index (χ4n) is 2.46. The van der Waals surface area contributed by atoms with Crippen LogP contribution in [-0.2, 0) is 6.61 Å². The highest BCUT2D eigenvalue weighted by molar-refractivity contribution is 5.95. The average Bonchev–Trinajstić information content (AvgIpc) is 2.73. The molecule has 0 spiro atoms. The van der Waals surface area contributed by atoms with Crippen LogP contribution in [-0.4, -0.2) is 24.3 Å². The standard InChI is InChI=1S/C22H20N2O4/c1-27-21-13-17(7-12-20(21)28-15-16-5-3-2-4-6-16)14-23-24-22(26)18-8-10-19(25)11-9-18/h2-14,25H,15H2,1H3,(H,24,26)/b23-14-. The van der Waals surface area contributed by atoms with Gasteiger partial charge >= 0.3 is 0 Å². The van der Waals surface area contributed by atoms with Crippen molar-refractivity contribution in [3.05, 3.63) is 89.5 Å². The summed E-state index contributed by atoms with van der Waals surface area (Å²) in [6, 6.07) is 21.2. The van der Waals surface area contributed by atoms with Crippen molar-refractivity contribution < 1.29 is 19.4 Å². The van der Waals surface area contributed by atoms with Crippen LogP contribution in [0.1, 0.15) is 21.5 Å². The van der Waals surface area contributed by atoms with E-state index in [1.54, 1.807) is 19.2 Å². The topological polar surface area (TPSA) is 80.2 Å². The molecule has 0 aromatic heterocycles. The van der Waals surface area contributed by atoms with Crippen LogP contribution in [0.15, 0.2) is 77.9 Å². The quantitative estimate of drug-likeness (QED) is 0.486. The lowest BCUT2D eigenvalue weighted by Gasteiger charge is -2.11. The zero-order valence-corrected chi connectivity index (χ0v) is 15.3. The van der Waals surface area contributed by atoms with Gasteiger partial charge in [0.2, 0.25) is 0 Å². The maximum atomic E-state index is 12.0. The van der Waals surface area contributed by atoms with E-state index in [9.17, 15) is 9.90 Å². The van der Waals surface area contributed by atoms with Gasteiger partial charge in [-0.15, -0.1) is 0 Å². The van der Waals surface area contributed by atoms with Gasteiger partial charge in [0.1, 0.15) is 12.4 Å². The van der Waals surface area contributed by atoms with Crippen molar-refractivity contribution in [1.82, 2.24) is 5.43 Å². The van der Waals surface area contributed by atoms with Crippen LogP contribution in [0.5, 0.6) is 17.2 Å². The number of hydrogen-bond donors (Lipinski definition) is 2. The summed E-state index contributed by atoms with van der Waals surface area (Å²) in [7, 11) is 1.57. The second-order valence-electron chi connectivity index (χ2n) is 5.93. The normalized spacial score (nSPS) is 10.6. The molecule has 3 aromatic carbocycles. The summed E-state index contributed by atoms with van der Waals surface area (Å²) in [6.45, 7) is 0.438. The first-order valence-electron chi connectivity index (χ1n) is 8.63. The molecule has 6 nitrogen and oxygen atoms in total. The van der Waals surface area contributed by atoms with E-state index < -0.39 is 0 Å². The first-order valence-corrected chi connectivity index (χ1v) is 8.63. The molecule has 0 bridgehead atoms. The van der Waals surface area contributed by atoms with Crippen molar-refractivity contribution in [3.8, 4) is 17.2 Å². The van der Waals surface area contributed by atoms with Crippen molar-refractivity contribution >= 4 is 12.1 Å². The van der Waals surface area contributed by atoms with Crippen LogP contribution >= 0.6 is 0 Å². The number of aromatic hydroxyl groups is 1. The van der Waals surface area contributed by atoms with Gasteiger partial charge in [-0.25, -0.2) is 5.43 Å². The zero-order valence-electron chi connectivity index (χ0n) is 15.3. The molecule has 6 heteroatoms. The largest absolute Gasteiger partial charge is 0.508 e. The Labute approximate surface area is 163 Å². The molecular weight excluding hydrogens is 356 g/mol. The van der Waals surface area contributed by atoms with Crippen LogP contribution < -0.4 is 14.9 Å². The number of phenols is 1. The average molecular weight is 376 g/mol. The van der Waals surface area contributed by atoms with E-state index in [2.05, 4.69) is 10.5 Å². The van der Waals surface area contributed by atoms with Gasteiger partial charge in [0.25, 0.3) is 5.91 Å². The predicted molar refractivity (Wildman–Crippen MR) is 107 cm³/mol. The van der Waals surface area contributed by atoms with Crippen LogP contribution in [0.4, 0.5) is 0 Å². The highest BCUT2D eigenvalue weighted by Crippen LogP contribution is 2.28. The van der Waals surface area contributed by atoms with Crippen LogP contribution in [0.3, 0.4) is 0 Å². The van der Waals surface area contributed by atoms with Crippen molar-refractivity contribution in [2.45, 2.75) is 6.61 Å². The zero-order chi connectivity index (χ0) is 19.8. The van der Waals surface area contributed by atoms with E-state index in [-0.39, 0.29) is 11.7 Å². The Balaban J connectivity index is 1.61. The van der Waals surface area contributed by atoms with E-state index in [1.807, 2.05) is 36.4 Å². The van der Waals surface area contributed by atoms with E-state index in [1.165, 1.54) is 30.5 Å². The first-order chi connectivity index (χ1) is 13.7. The van der Waals surface area contributed by atoms with Gasteiger partial charge in [-0.05, 0) is 53.6 Å². The number of benzene rings is 3. The Morgan fingerprint density at radius 2 is 1.79 bits per heavy atom. The van der Waals surface area contributed by atoms with Gasteiger partial charge in [0, 0.05) is 5.56 Å². The number of carbonyl (C=O) groups excluding carboxylic acids is 1. The predicted octanol–water partition coefficient (Wildman–Crippen LogP) is 3.74. The summed E-state index contributed by atoms with van der Waals surface area (Å²) in [4.78, 5) is 12.0. The number of nitrogens with one attached hydrogen (secondary N) is 1. The molecule has 142 valence electrons. The summed E-state index contributed by atoms with van der Waals surface area (Å²) in [6.07, 6.45) is 1.52. The monoisotopic (exact) mass is 376 g/mol. The molecule has 0 aliphatic rings. The molecule has 28 heavy (non-hydrogen) atoms. The Bertz CT molecular complexity index is 954. The third kappa shape index (κ3) is 5.11. The lowest BCUT2D eigenvalue weighted by molar-refractivity contribution is 0.0955. The third-order valence-electron chi connectivity index (χ3n) is 3.93. The van der Waals surface area contributed by atoms with Crippen LogP contribution in [0.25, 0.3) is 0 Å². The van der Waals surface area contributed by atoms with Crippen molar-refractivity contribution in [3.63, 3.8) is 0 Å². The fourth-order valence-corrected chi connectivity index (χ4v) is 2.46. The number of ether oxygens (including phenoxy) is 2. The molecule has 3 rings (SSSR count). The smallest absolute Gasteiger partial charge is 0.271 e. The third-order valence-corrected chi connectivity index (χ3v) is 3.93. The SMILES string of the molecule is COc1cc(/C=N\NC(=O)c2ccc(O)cc2)ccc1OCc1ccccc1. The number of carbonyl (C=O) groups is 1. The molecule has 0 radical (unpaired) electrons. The summed E-state index contributed by atoms with van der Waals surface area (Å²) >= 11 is 0. The van der Waals surface area contributed by atoms with Gasteiger partial charge in [-0.1, -0.05) is 30.3 Å². The number of hydrogen-bond acceptors (Lipinski definition) is 5. The molecule has 0 saturated heterocycles. The van der Waals surface area contributed by atoms with Crippen molar-refractivity contribution in [1.29, 1.82) is 0 Å². The molecule has 2 N–H and O–H groups in total. The minimum Gasteiger partial charge on any atom is -0.508 e. The molecule has 0 fully saturated rings. The van der Waals surface area contributed by atoms with E-state index in [0.29, 0.717) is 23.7 Å². The number of hydrazone groups is 1. The Morgan fingerprint density at radius 1 is 1.04 bits per heavy atom.